The second kappa shape index (κ2) is 3.96. The highest BCUT2D eigenvalue weighted by Gasteiger charge is 2.06. The smallest absolute Gasteiger partial charge is 0.143 e. The Hall–Kier alpha value is -0.840. The molecule has 0 unspecified atom stereocenters. The molecular formula is C10H9BrClN3. The molecule has 15 heavy (non-hydrogen) atoms. The molecule has 0 amide bonds. The number of rotatable bonds is 1. The minimum absolute atomic E-state index is 0.607. The first-order chi connectivity index (χ1) is 7.11. The Kier molecular flexibility index (Phi) is 2.82. The summed E-state index contributed by atoms with van der Waals surface area (Å²) in [5, 5.41) is 1.60. The van der Waals surface area contributed by atoms with Crippen LogP contribution in [0.3, 0.4) is 0 Å². The fourth-order valence-corrected chi connectivity index (χ4v) is 2.34. The van der Waals surface area contributed by atoms with Crippen molar-refractivity contribution >= 4 is 44.3 Å². The normalized spacial score (nSPS) is 10.7. The predicted molar refractivity (Wildman–Crippen MR) is 67.0 cm³/mol. The summed E-state index contributed by atoms with van der Waals surface area (Å²) in [5.74, 6) is 6.00. The van der Waals surface area contributed by atoms with Gasteiger partial charge in [-0.25, -0.2) is 10.8 Å². The van der Waals surface area contributed by atoms with Crippen LogP contribution in [0.1, 0.15) is 5.56 Å². The van der Waals surface area contributed by atoms with Crippen LogP contribution in [0.4, 0.5) is 5.82 Å². The van der Waals surface area contributed by atoms with E-state index in [2.05, 4.69) is 26.3 Å². The Morgan fingerprint density at radius 2 is 2.13 bits per heavy atom. The lowest BCUT2D eigenvalue weighted by atomic mass is 10.1. The summed E-state index contributed by atoms with van der Waals surface area (Å²) in [6.07, 6.45) is 0. The summed E-state index contributed by atoms with van der Waals surface area (Å²) >= 11 is 9.47. The van der Waals surface area contributed by atoms with E-state index in [0.29, 0.717) is 10.8 Å². The number of anilines is 1. The van der Waals surface area contributed by atoms with Gasteiger partial charge in [0.2, 0.25) is 0 Å². The van der Waals surface area contributed by atoms with Crippen LogP contribution in [0, 0.1) is 6.92 Å². The highest BCUT2D eigenvalue weighted by molar-refractivity contribution is 9.10. The van der Waals surface area contributed by atoms with E-state index in [-0.39, 0.29) is 0 Å². The van der Waals surface area contributed by atoms with E-state index in [1.54, 1.807) is 0 Å². The molecule has 0 fully saturated rings. The highest BCUT2D eigenvalue weighted by atomic mass is 79.9. The second-order valence-electron chi connectivity index (χ2n) is 3.26. The number of nitrogens with two attached hydrogens (primary N) is 1. The molecule has 2 aromatic rings. The van der Waals surface area contributed by atoms with E-state index >= 15 is 0 Å². The molecule has 3 N–H and O–H groups in total. The van der Waals surface area contributed by atoms with Crippen molar-refractivity contribution in [2.75, 3.05) is 5.43 Å². The molecule has 3 nitrogen and oxygen atoms in total. The van der Waals surface area contributed by atoms with Gasteiger partial charge in [-0.3, -0.25) is 0 Å². The van der Waals surface area contributed by atoms with Crippen molar-refractivity contribution in [3.05, 3.63) is 33.3 Å². The van der Waals surface area contributed by atoms with Crippen LogP contribution in [0.5, 0.6) is 0 Å². The number of hydrogen-bond donors (Lipinski definition) is 2. The Labute approximate surface area is 101 Å². The molecule has 0 saturated heterocycles. The predicted octanol–water partition coefficient (Wildman–Crippen LogP) is 3.24. The quantitative estimate of drug-likeness (QED) is 0.625. The van der Waals surface area contributed by atoms with E-state index in [4.69, 9.17) is 17.4 Å². The Bertz CT molecular complexity index is 528. The third-order valence-electron chi connectivity index (χ3n) is 2.16. The van der Waals surface area contributed by atoms with E-state index < -0.39 is 0 Å². The lowest BCUT2D eigenvalue weighted by molar-refractivity contribution is 1.23. The Balaban J connectivity index is 2.81. The number of aromatic nitrogens is 1. The summed E-state index contributed by atoms with van der Waals surface area (Å²) in [6, 6.07) is 5.78. The molecule has 0 aliphatic rings. The van der Waals surface area contributed by atoms with Gasteiger partial charge < -0.3 is 5.43 Å². The summed E-state index contributed by atoms with van der Waals surface area (Å²) in [7, 11) is 0. The topological polar surface area (TPSA) is 50.9 Å². The van der Waals surface area contributed by atoms with Gasteiger partial charge in [-0.2, -0.15) is 0 Å². The molecule has 2 rings (SSSR count). The third-order valence-corrected chi connectivity index (χ3v) is 2.91. The maximum Gasteiger partial charge on any atom is 0.143 e. The summed E-state index contributed by atoms with van der Waals surface area (Å²) in [6.45, 7) is 1.94. The van der Waals surface area contributed by atoms with Crippen LogP contribution in [0.15, 0.2) is 22.7 Å². The molecule has 0 radical (unpaired) electrons. The van der Waals surface area contributed by atoms with Crippen molar-refractivity contribution in [1.82, 2.24) is 4.98 Å². The first-order valence-corrected chi connectivity index (χ1v) is 5.52. The summed E-state index contributed by atoms with van der Waals surface area (Å²) in [5.41, 5.74) is 4.28. The number of pyridine rings is 1. The van der Waals surface area contributed by atoms with Gasteiger partial charge in [-0.1, -0.05) is 27.5 Å². The third kappa shape index (κ3) is 1.93. The molecule has 0 bridgehead atoms. The zero-order valence-corrected chi connectivity index (χ0v) is 10.4. The van der Waals surface area contributed by atoms with Gasteiger partial charge in [0.25, 0.3) is 0 Å². The number of nitrogens with zero attached hydrogens (tertiary/aromatic N) is 1. The van der Waals surface area contributed by atoms with Crippen LogP contribution in [0.2, 0.25) is 5.02 Å². The average molecular weight is 287 g/mol. The van der Waals surface area contributed by atoms with Gasteiger partial charge in [-0.05, 0) is 30.7 Å². The lowest BCUT2D eigenvalue weighted by Crippen LogP contribution is -2.10. The molecule has 0 aliphatic heterocycles. The minimum Gasteiger partial charge on any atom is -0.308 e. The number of nitrogen functional groups attached to an aromatic ring is 1. The molecule has 0 spiro atoms. The lowest BCUT2D eigenvalue weighted by Gasteiger charge is -2.07. The van der Waals surface area contributed by atoms with Crippen molar-refractivity contribution in [3.63, 3.8) is 0 Å². The first kappa shape index (κ1) is 10.7. The van der Waals surface area contributed by atoms with Gasteiger partial charge in [0.05, 0.1) is 10.5 Å². The minimum atomic E-state index is 0.607. The van der Waals surface area contributed by atoms with Crippen LogP contribution in [-0.2, 0) is 0 Å². The number of benzene rings is 1. The van der Waals surface area contributed by atoms with Crippen LogP contribution in [-0.4, -0.2) is 4.98 Å². The highest BCUT2D eigenvalue weighted by Crippen LogP contribution is 2.29. The van der Waals surface area contributed by atoms with Crippen molar-refractivity contribution < 1.29 is 0 Å². The zero-order chi connectivity index (χ0) is 11.0. The Morgan fingerprint density at radius 1 is 1.40 bits per heavy atom. The number of fused-ring (bicyclic) bond motifs is 1. The van der Waals surface area contributed by atoms with Gasteiger partial charge in [-0.15, -0.1) is 0 Å². The summed E-state index contributed by atoms with van der Waals surface area (Å²) in [4.78, 5) is 4.34. The largest absolute Gasteiger partial charge is 0.308 e. The van der Waals surface area contributed by atoms with Gasteiger partial charge in [0, 0.05) is 9.86 Å². The van der Waals surface area contributed by atoms with E-state index in [1.807, 2.05) is 25.1 Å². The Morgan fingerprint density at radius 3 is 2.80 bits per heavy atom. The zero-order valence-electron chi connectivity index (χ0n) is 8.01. The van der Waals surface area contributed by atoms with Gasteiger partial charge >= 0.3 is 0 Å². The van der Waals surface area contributed by atoms with Gasteiger partial charge in [0.1, 0.15) is 5.82 Å². The van der Waals surface area contributed by atoms with Crippen molar-refractivity contribution in [3.8, 4) is 0 Å². The summed E-state index contributed by atoms with van der Waals surface area (Å²) < 4.78 is 0.939. The monoisotopic (exact) mass is 285 g/mol. The maximum atomic E-state index is 6.08. The number of halogens is 2. The number of hydrazine groups is 1. The van der Waals surface area contributed by atoms with Crippen LogP contribution >= 0.6 is 27.5 Å². The van der Waals surface area contributed by atoms with Crippen molar-refractivity contribution in [2.45, 2.75) is 6.92 Å². The van der Waals surface area contributed by atoms with E-state index in [0.717, 1.165) is 20.9 Å². The fourth-order valence-electron chi connectivity index (χ4n) is 1.46. The second-order valence-corrected chi connectivity index (χ2v) is 4.58. The fraction of sp³-hybridized carbons (Fsp3) is 0.100. The van der Waals surface area contributed by atoms with Crippen LogP contribution in [0.25, 0.3) is 10.9 Å². The van der Waals surface area contributed by atoms with Crippen molar-refractivity contribution in [2.24, 2.45) is 5.84 Å². The van der Waals surface area contributed by atoms with Crippen molar-refractivity contribution in [1.29, 1.82) is 0 Å². The van der Waals surface area contributed by atoms with E-state index in [9.17, 15) is 0 Å². The average Bonchev–Trinajstić information content (AvgIpc) is 2.16. The molecule has 78 valence electrons. The molecule has 1 aromatic carbocycles. The number of nitrogens with one attached hydrogen (secondary N) is 1. The SMILES string of the molecule is Cc1cc2cc(Br)cc(Cl)c2nc1NN. The molecule has 0 saturated carbocycles. The molecular weight excluding hydrogens is 277 g/mol. The molecule has 1 heterocycles. The molecule has 0 aliphatic carbocycles. The molecule has 5 heteroatoms. The van der Waals surface area contributed by atoms with Crippen LogP contribution < -0.4 is 11.3 Å². The van der Waals surface area contributed by atoms with Gasteiger partial charge in [0.15, 0.2) is 0 Å². The standard InChI is InChI=1S/C10H9BrClN3/c1-5-2-6-3-7(11)4-8(12)9(6)14-10(5)15-13/h2-4H,13H2,1H3,(H,14,15). The van der Waals surface area contributed by atoms with E-state index in [1.165, 1.54) is 0 Å². The number of hydrogen-bond acceptors (Lipinski definition) is 3. The number of aryl methyl sites for hydroxylation is 1. The maximum absolute atomic E-state index is 6.08. The molecule has 1 aromatic heterocycles. The first-order valence-electron chi connectivity index (χ1n) is 4.35. The molecule has 0 atom stereocenters.